The number of esters is 1. The van der Waals surface area contributed by atoms with Gasteiger partial charge in [0.25, 0.3) is 5.91 Å². The molecule has 0 fully saturated rings. The van der Waals surface area contributed by atoms with E-state index in [0.717, 1.165) is 5.56 Å². The summed E-state index contributed by atoms with van der Waals surface area (Å²) in [6, 6.07) is 4.57. The SMILES string of the molecule is COC(=O)c1scc(C)c1NC(=O)c1ccc(Br)cc1O. The maximum atomic E-state index is 12.2. The molecule has 0 bridgehead atoms. The first-order valence-corrected chi connectivity index (χ1v) is 7.57. The Kier molecular flexibility index (Phi) is 4.64. The molecule has 5 nitrogen and oxygen atoms in total. The Hall–Kier alpha value is -1.86. The molecule has 0 aliphatic rings. The second-order valence-electron chi connectivity index (χ2n) is 4.23. The molecule has 110 valence electrons. The van der Waals surface area contributed by atoms with Gasteiger partial charge in [0, 0.05) is 4.47 Å². The van der Waals surface area contributed by atoms with Crippen molar-refractivity contribution in [2.75, 3.05) is 12.4 Å². The van der Waals surface area contributed by atoms with Crippen LogP contribution in [0.3, 0.4) is 0 Å². The molecule has 1 heterocycles. The van der Waals surface area contributed by atoms with E-state index in [1.807, 2.05) is 0 Å². The van der Waals surface area contributed by atoms with Gasteiger partial charge in [-0.25, -0.2) is 4.79 Å². The molecule has 0 aliphatic carbocycles. The Morgan fingerprint density at radius 3 is 2.71 bits per heavy atom. The number of methoxy groups -OCH3 is 1. The van der Waals surface area contributed by atoms with Gasteiger partial charge in [-0.3, -0.25) is 4.79 Å². The number of amides is 1. The number of aromatic hydroxyl groups is 1. The number of phenolic OH excluding ortho intramolecular Hbond substituents is 1. The van der Waals surface area contributed by atoms with E-state index in [4.69, 9.17) is 0 Å². The predicted molar refractivity (Wildman–Crippen MR) is 84.2 cm³/mol. The highest BCUT2D eigenvalue weighted by Crippen LogP contribution is 2.30. The molecule has 0 unspecified atom stereocenters. The predicted octanol–water partition coefficient (Wildman–Crippen LogP) is 3.56. The lowest BCUT2D eigenvalue weighted by atomic mass is 10.1. The van der Waals surface area contributed by atoms with Gasteiger partial charge in [-0.2, -0.15) is 0 Å². The van der Waals surface area contributed by atoms with Crippen LogP contribution in [0.1, 0.15) is 25.6 Å². The van der Waals surface area contributed by atoms with Crippen molar-refractivity contribution >= 4 is 44.8 Å². The molecular formula is C14H12BrNO4S. The molecule has 0 spiro atoms. The summed E-state index contributed by atoms with van der Waals surface area (Å²) >= 11 is 4.40. The molecule has 0 saturated heterocycles. The first-order chi connectivity index (χ1) is 9.93. The highest BCUT2D eigenvalue weighted by molar-refractivity contribution is 9.10. The van der Waals surface area contributed by atoms with Crippen LogP contribution in [0.15, 0.2) is 28.1 Å². The van der Waals surface area contributed by atoms with Crippen molar-refractivity contribution in [1.29, 1.82) is 0 Å². The molecule has 0 aliphatic heterocycles. The van der Waals surface area contributed by atoms with E-state index >= 15 is 0 Å². The van der Waals surface area contributed by atoms with Crippen molar-refractivity contribution < 1.29 is 19.4 Å². The second kappa shape index (κ2) is 6.28. The molecule has 2 rings (SSSR count). The number of carbonyl (C=O) groups excluding carboxylic acids is 2. The number of aryl methyl sites for hydroxylation is 1. The third-order valence-electron chi connectivity index (χ3n) is 2.79. The number of anilines is 1. The van der Waals surface area contributed by atoms with Gasteiger partial charge in [-0.15, -0.1) is 11.3 Å². The normalized spacial score (nSPS) is 10.2. The lowest BCUT2D eigenvalue weighted by Gasteiger charge is -2.08. The highest BCUT2D eigenvalue weighted by atomic mass is 79.9. The molecule has 1 aromatic carbocycles. The second-order valence-corrected chi connectivity index (χ2v) is 6.03. The van der Waals surface area contributed by atoms with Crippen LogP contribution in [0.4, 0.5) is 5.69 Å². The average molecular weight is 370 g/mol. The van der Waals surface area contributed by atoms with Crippen LogP contribution in [0.5, 0.6) is 5.75 Å². The summed E-state index contributed by atoms with van der Waals surface area (Å²) in [4.78, 5) is 24.2. The van der Waals surface area contributed by atoms with Crippen molar-refractivity contribution in [3.05, 3.63) is 44.1 Å². The number of hydrogen-bond donors (Lipinski definition) is 2. The lowest BCUT2D eigenvalue weighted by molar-refractivity contribution is 0.0607. The summed E-state index contributed by atoms with van der Waals surface area (Å²) < 4.78 is 5.35. The van der Waals surface area contributed by atoms with E-state index in [1.165, 1.54) is 30.6 Å². The average Bonchev–Trinajstić information content (AvgIpc) is 2.79. The van der Waals surface area contributed by atoms with Crippen molar-refractivity contribution in [3.8, 4) is 5.75 Å². The van der Waals surface area contributed by atoms with Crippen molar-refractivity contribution in [1.82, 2.24) is 0 Å². The van der Waals surface area contributed by atoms with Crippen LogP contribution in [0.25, 0.3) is 0 Å². The van der Waals surface area contributed by atoms with Crippen LogP contribution in [-0.4, -0.2) is 24.1 Å². The van der Waals surface area contributed by atoms with Gasteiger partial charge in [-0.05, 0) is 36.1 Å². The number of halogens is 1. The van der Waals surface area contributed by atoms with Gasteiger partial charge in [0.1, 0.15) is 10.6 Å². The summed E-state index contributed by atoms with van der Waals surface area (Å²) in [6.45, 7) is 1.78. The molecule has 0 saturated carbocycles. The zero-order valence-corrected chi connectivity index (χ0v) is 13.7. The summed E-state index contributed by atoms with van der Waals surface area (Å²) in [5, 5.41) is 14.2. The Morgan fingerprint density at radius 2 is 2.10 bits per heavy atom. The van der Waals surface area contributed by atoms with E-state index < -0.39 is 11.9 Å². The van der Waals surface area contributed by atoms with Crippen molar-refractivity contribution in [2.45, 2.75) is 6.92 Å². The standard InChI is InChI=1S/C14H12BrNO4S/c1-7-6-21-12(14(19)20-2)11(7)16-13(18)9-4-3-8(15)5-10(9)17/h3-6,17H,1-2H3,(H,16,18). The van der Waals surface area contributed by atoms with Crippen LogP contribution < -0.4 is 5.32 Å². The van der Waals surface area contributed by atoms with Crippen molar-refractivity contribution in [2.24, 2.45) is 0 Å². The third kappa shape index (κ3) is 3.25. The molecule has 0 atom stereocenters. The maximum absolute atomic E-state index is 12.2. The molecule has 21 heavy (non-hydrogen) atoms. The molecular weight excluding hydrogens is 358 g/mol. The smallest absolute Gasteiger partial charge is 0.350 e. The van der Waals surface area contributed by atoms with E-state index in [9.17, 15) is 14.7 Å². The number of benzene rings is 1. The Balaban J connectivity index is 2.32. The first-order valence-electron chi connectivity index (χ1n) is 5.90. The molecule has 1 amide bonds. The van der Waals surface area contributed by atoms with Crippen molar-refractivity contribution in [3.63, 3.8) is 0 Å². The van der Waals surface area contributed by atoms with E-state index in [-0.39, 0.29) is 11.3 Å². The number of carbonyl (C=O) groups is 2. The molecule has 2 N–H and O–H groups in total. The number of phenols is 1. The summed E-state index contributed by atoms with van der Waals surface area (Å²) in [5.41, 5.74) is 1.28. The minimum atomic E-state index is -0.511. The van der Waals surface area contributed by atoms with Gasteiger partial charge in [-0.1, -0.05) is 15.9 Å². The Labute approximate surface area is 133 Å². The first kappa shape index (κ1) is 15.5. The largest absolute Gasteiger partial charge is 0.507 e. The van der Waals surface area contributed by atoms with Gasteiger partial charge in [0.2, 0.25) is 0 Å². The minimum Gasteiger partial charge on any atom is -0.507 e. The number of ether oxygens (including phenoxy) is 1. The summed E-state index contributed by atoms with van der Waals surface area (Å²) in [6.07, 6.45) is 0. The van der Waals surface area contributed by atoms with Gasteiger partial charge >= 0.3 is 5.97 Å². The fourth-order valence-corrected chi connectivity index (χ4v) is 2.99. The van der Waals surface area contributed by atoms with Gasteiger partial charge < -0.3 is 15.2 Å². The highest BCUT2D eigenvalue weighted by Gasteiger charge is 2.20. The number of thiophene rings is 1. The summed E-state index contributed by atoms with van der Waals surface area (Å²) in [5.74, 6) is -1.15. The molecule has 1 aromatic heterocycles. The zero-order valence-electron chi connectivity index (χ0n) is 11.3. The topological polar surface area (TPSA) is 75.6 Å². The molecule has 7 heteroatoms. The monoisotopic (exact) mass is 369 g/mol. The van der Waals surface area contributed by atoms with E-state index in [2.05, 4.69) is 26.0 Å². The molecule has 2 aromatic rings. The fourth-order valence-electron chi connectivity index (χ4n) is 1.72. The fraction of sp³-hybridized carbons (Fsp3) is 0.143. The maximum Gasteiger partial charge on any atom is 0.350 e. The van der Waals surface area contributed by atoms with E-state index in [0.29, 0.717) is 15.0 Å². The van der Waals surface area contributed by atoms with Crippen LogP contribution in [0, 0.1) is 6.92 Å². The third-order valence-corrected chi connectivity index (χ3v) is 4.36. The minimum absolute atomic E-state index is 0.125. The van der Waals surface area contributed by atoms with Gasteiger partial charge in [0.15, 0.2) is 0 Å². The Morgan fingerprint density at radius 1 is 1.38 bits per heavy atom. The quantitative estimate of drug-likeness (QED) is 0.810. The van der Waals surface area contributed by atoms with E-state index in [1.54, 1.807) is 18.4 Å². The lowest BCUT2D eigenvalue weighted by Crippen LogP contribution is -2.15. The summed E-state index contributed by atoms with van der Waals surface area (Å²) in [7, 11) is 1.28. The Bertz CT molecular complexity index is 711. The van der Waals surface area contributed by atoms with Crippen LogP contribution in [-0.2, 0) is 4.74 Å². The number of nitrogens with one attached hydrogen (secondary N) is 1. The molecule has 0 radical (unpaired) electrons. The van der Waals surface area contributed by atoms with Crippen LogP contribution >= 0.6 is 27.3 Å². The number of rotatable bonds is 3. The van der Waals surface area contributed by atoms with Gasteiger partial charge in [0.05, 0.1) is 18.4 Å². The van der Waals surface area contributed by atoms with Crippen LogP contribution in [0.2, 0.25) is 0 Å². The zero-order chi connectivity index (χ0) is 15.6. The number of hydrogen-bond acceptors (Lipinski definition) is 5.